The molecular formula is C16H24N4. The lowest BCUT2D eigenvalue weighted by Crippen LogP contribution is -2.28. The van der Waals surface area contributed by atoms with Crippen LogP contribution < -0.4 is 5.73 Å². The third-order valence-corrected chi connectivity index (χ3v) is 4.29. The third-order valence-electron chi connectivity index (χ3n) is 4.29. The van der Waals surface area contributed by atoms with Gasteiger partial charge in [-0.15, -0.1) is 0 Å². The van der Waals surface area contributed by atoms with Gasteiger partial charge in [0.25, 0.3) is 0 Å². The Kier molecular flexibility index (Phi) is 3.76. The fourth-order valence-corrected chi connectivity index (χ4v) is 3.14. The SMILES string of the molecule is CCCn1c(CN2CC(C)C(N)C2)nc2ccccc21. The standard InChI is InChI=1S/C16H24N4/c1-3-8-20-15-7-5-4-6-14(15)18-16(20)11-19-9-12(2)13(17)10-19/h4-7,12-13H,3,8-11,17H2,1-2H3. The first-order valence-corrected chi connectivity index (χ1v) is 7.61. The highest BCUT2D eigenvalue weighted by Crippen LogP contribution is 2.21. The fourth-order valence-electron chi connectivity index (χ4n) is 3.14. The molecule has 2 aromatic rings. The maximum absolute atomic E-state index is 6.13. The van der Waals surface area contributed by atoms with E-state index >= 15 is 0 Å². The van der Waals surface area contributed by atoms with Crippen LogP contribution in [0.4, 0.5) is 0 Å². The van der Waals surface area contributed by atoms with Crippen LogP contribution in [0.25, 0.3) is 11.0 Å². The van der Waals surface area contributed by atoms with E-state index in [1.807, 2.05) is 0 Å². The Labute approximate surface area is 120 Å². The Morgan fingerprint density at radius 3 is 2.80 bits per heavy atom. The second-order valence-electron chi connectivity index (χ2n) is 6.00. The first-order chi connectivity index (χ1) is 9.69. The summed E-state index contributed by atoms with van der Waals surface area (Å²) in [6.07, 6.45) is 1.13. The maximum Gasteiger partial charge on any atom is 0.124 e. The number of nitrogens with zero attached hydrogens (tertiary/aromatic N) is 3. The molecule has 1 aliphatic rings. The first-order valence-electron chi connectivity index (χ1n) is 7.61. The minimum Gasteiger partial charge on any atom is -0.327 e. The molecule has 0 radical (unpaired) electrons. The van der Waals surface area contributed by atoms with Crippen molar-refractivity contribution < 1.29 is 0 Å². The van der Waals surface area contributed by atoms with Crippen molar-refractivity contribution in [1.29, 1.82) is 0 Å². The van der Waals surface area contributed by atoms with Gasteiger partial charge in [0.1, 0.15) is 5.82 Å². The van der Waals surface area contributed by atoms with Gasteiger partial charge in [-0.05, 0) is 24.5 Å². The topological polar surface area (TPSA) is 47.1 Å². The Morgan fingerprint density at radius 1 is 1.30 bits per heavy atom. The van der Waals surface area contributed by atoms with Crippen LogP contribution in [0.2, 0.25) is 0 Å². The van der Waals surface area contributed by atoms with Crippen molar-refractivity contribution in [2.24, 2.45) is 11.7 Å². The summed E-state index contributed by atoms with van der Waals surface area (Å²) in [5.41, 5.74) is 8.48. The van der Waals surface area contributed by atoms with Gasteiger partial charge in [0, 0.05) is 25.7 Å². The molecule has 0 aliphatic carbocycles. The predicted molar refractivity (Wildman–Crippen MR) is 82.4 cm³/mol. The van der Waals surface area contributed by atoms with Crippen LogP contribution in [-0.2, 0) is 13.1 Å². The van der Waals surface area contributed by atoms with Gasteiger partial charge >= 0.3 is 0 Å². The summed E-state index contributed by atoms with van der Waals surface area (Å²) in [6.45, 7) is 8.46. The number of nitrogens with two attached hydrogens (primary N) is 1. The summed E-state index contributed by atoms with van der Waals surface area (Å²) in [5, 5.41) is 0. The van der Waals surface area contributed by atoms with Crippen molar-refractivity contribution in [1.82, 2.24) is 14.5 Å². The smallest absolute Gasteiger partial charge is 0.124 e. The molecule has 1 fully saturated rings. The van der Waals surface area contributed by atoms with E-state index in [4.69, 9.17) is 10.7 Å². The normalized spacial score (nSPS) is 23.8. The van der Waals surface area contributed by atoms with Gasteiger partial charge in [0.05, 0.1) is 17.6 Å². The van der Waals surface area contributed by atoms with Gasteiger partial charge in [0.15, 0.2) is 0 Å². The number of imidazole rings is 1. The van der Waals surface area contributed by atoms with Crippen LogP contribution in [-0.4, -0.2) is 33.6 Å². The van der Waals surface area contributed by atoms with Crippen molar-refractivity contribution in [2.75, 3.05) is 13.1 Å². The summed E-state index contributed by atoms with van der Waals surface area (Å²) in [5.74, 6) is 1.76. The lowest BCUT2D eigenvalue weighted by Gasteiger charge is -2.16. The zero-order chi connectivity index (χ0) is 14.1. The fraction of sp³-hybridized carbons (Fsp3) is 0.562. The molecule has 2 N–H and O–H groups in total. The van der Waals surface area contributed by atoms with Crippen LogP contribution >= 0.6 is 0 Å². The molecule has 3 rings (SSSR count). The number of hydrogen-bond donors (Lipinski definition) is 1. The summed E-state index contributed by atoms with van der Waals surface area (Å²) < 4.78 is 2.36. The average molecular weight is 272 g/mol. The van der Waals surface area contributed by atoms with E-state index < -0.39 is 0 Å². The second kappa shape index (κ2) is 5.54. The molecule has 108 valence electrons. The van der Waals surface area contributed by atoms with Gasteiger partial charge in [-0.25, -0.2) is 4.98 Å². The molecule has 1 saturated heterocycles. The van der Waals surface area contributed by atoms with Gasteiger partial charge in [-0.2, -0.15) is 0 Å². The van der Waals surface area contributed by atoms with Crippen molar-refractivity contribution in [3.8, 4) is 0 Å². The van der Waals surface area contributed by atoms with Crippen LogP contribution in [0.15, 0.2) is 24.3 Å². The summed E-state index contributed by atoms with van der Waals surface area (Å²) in [4.78, 5) is 7.26. The first kappa shape index (κ1) is 13.6. The van der Waals surface area contributed by atoms with Crippen LogP contribution in [0.5, 0.6) is 0 Å². The predicted octanol–water partition coefficient (Wildman–Crippen LogP) is 2.23. The minimum absolute atomic E-state index is 0.305. The van der Waals surface area contributed by atoms with E-state index in [2.05, 4.69) is 47.6 Å². The lowest BCUT2D eigenvalue weighted by molar-refractivity contribution is 0.305. The average Bonchev–Trinajstić information content (AvgIpc) is 2.92. The number of aryl methyl sites for hydroxylation is 1. The van der Waals surface area contributed by atoms with Gasteiger partial charge in [0.2, 0.25) is 0 Å². The molecule has 4 nitrogen and oxygen atoms in total. The summed E-state index contributed by atoms with van der Waals surface area (Å²) in [6, 6.07) is 8.72. The number of hydrogen-bond acceptors (Lipinski definition) is 3. The van der Waals surface area contributed by atoms with Crippen LogP contribution in [0, 0.1) is 5.92 Å². The molecule has 0 spiro atoms. The van der Waals surface area contributed by atoms with Crippen LogP contribution in [0.1, 0.15) is 26.1 Å². The van der Waals surface area contributed by atoms with E-state index in [0.717, 1.165) is 38.1 Å². The van der Waals surface area contributed by atoms with Crippen molar-refractivity contribution in [3.05, 3.63) is 30.1 Å². The quantitative estimate of drug-likeness (QED) is 0.928. The molecule has 1 aliphatic heterocycles. The van der Waals surface area contributed by atoms with E-state index in [1.54, 1.807) is 0 Å². The number of rotatable bonds is 4. The minimum atomic E-state index is 0.305. The van der Waals surface area contributed by atoms with E-state index in [-0.39, 0.29) is 0 Å². The van der Waals surface area contributed by atoms with Crippen molar-refractivity contribution in [2.45, 2.75) is 39.4 Å². The maximum atomic E-state index is 6.13. The largest absolute Gasteiger partial charge is 0.327 e. The Balaban J connectivity index is 1.88. The Bertz CT molecular complexity index is 579. The highest BCUT2D eigenvalue weighted by atomic mass is 15.2. The molecule has 2 unspecified atom stereocenters. The molecule has 1 aromatic carbocycles. The number of aromatic nitrogens is 2. The third kappa shape index (κ3) is 2.45. The number of likely N-dealkylation sites (tertiary alicyclic amines) is 1. The molecule has 20 heavy (non-hydrogen) atoms. The van der Waals surface area contributed by atoms with Gasteiger partial charge in [-0.3, -0.25) is 4.90 Å². The van der Waals surface area contributed by atoms with Crippen molar-refractivity contribution >= 4 is 11.0 Å². The van der Waals surface area contributed by atoms with E-state index in [9.17, 15) is 0 Å². The highest BCUT2D eigenvalue weighted by Gasteiger charge is 2.27. The van der Waals surface area contributed by atoms with Crippen molar-refractivity contribution in [3.63, 3.8) is 0 Å². The number of fused-ring (bicyclic) bond motifs is 1. The molecule has 1 aromatic heterocycles. The van der Waals surface area contributed by atoms with Crippen LogP contribution in [0.3, 0.4) is 0 Å². The molecule has 2 heterocycles. The molecule has 0 bridgehead atoms. The lowest BCUT2D eigenvalue weighted by atomic mass is 10.1. The molecule has 0 amide bonds. The van der Waals surface area contributed by atoms with E-state index in [1.165, 1.54) is 11.3 Å². The number of para-hydroxylation sites is 2. The zero-order valence-electron chi connectivity index (χ0n) is 12.4. The molecule has 0 saturated carbocycles. The zero-order valence-corrected chi connectivity index (χ0v) is 12.4. The van der Waals surface area contributed by atoms with E-state index in [0.29, 0.717) is 12.0 Å². The molecule has 2 atom stereocenters. The van der Waals surface area contributed by atoms with Gasteiger partial charge < -0.3 is 10.3 Å². The molecule has 4 heteroatoms. The molecular weight excluding hydrogens is 248 g/mol. The highest BCUT2D eigenvalue weighted by molar-refractivity contribution is 5.75. The number of benzene rings is 1. The second-order valence-corrected chi connectivity index (χ2v) is 6.00. The Hall–Kier alpha value is -1.39. The monoisotopic (exact) mass is 272 g/mol. The summed E-state index contributed by atoms with van der Waals surface area (Å²) >= 11 is 0. The van der Waals surface area contributed by atoms with Gasteiger partial charge in [-0.1, -0.05) is 26.0 Å². The Morgan fingerprint density at radius 2 is 2.10 bits per heavy atom. The summed E-state index contributed by atoms with van der Waals surface area (Å²) in [7, 11) is 0.